The fraction of sp³-hybridized carbons (Fsp3) is 0.812. The van der Waals surface area contributed by atoms with Crippen molar-refractivity contribution >= 4 is 0 Å². The molecule has 0 amide bonds. The summed E-state index contributed by atoms with van der Waals surface area (Å²) < 4.78 is 1.95. The van der Waals surface area contributed by atoms with E-state index in [1.54, 1.807) is 0 Å². The number of rotatable bonds is 5. The van der Waals surface area contributed by atoms with Crippen molar-refractivity contribution in [1.82, 2.24) is 20.4 Å². The van der Waals surface area contributed by atoms with E-state index in [1.807, 2.05) is 17.9 Å². The maximum Gasteiger partial charge on any atom is 0.0540 e. The molecule has 4 heteroatoms. The van der Waals surface area contributed by atoms with Gasteiger partial charge < -0.3 is 10.6 Å². The third-order valence-corrected chi connectivity index (χ3v) is 4.57. The van der Waals surface area contributed by atoms with Crippen molar-refractivity contribution in [3.63, 3.8) is 0 Å². The van der Waals surface area contributed by atoms with Gasteiger partial charge in [-0.05, 0) is 46.6 Å². The molecule has 1 aliphatic rings. The lowest BCUT2D eigenvalue weighted by molar-refractivity contribution is 0.380. The average Bonchev–Trinajstić information content (AvgIpc) is 2.62. The molecular weight excluding hydrogens is 248 g/mol. The molecule has 2 heterocycles. The van der Waals surface area contributed by atoms with E-state index in [2.05, 4.69) is 36.5 Å². The van der Waals surface area contributed by atoms with Crippen LogP contribution in [0.3, 0.4) is 0 Å². The highest BCUT2D eigenvalue weighted by Gasteiger charge is 2.18. The van der Waals surface area contributed by atoms with Crippen LogP contribution in [0.5, 0.6) is 0 Å². The van der Waals surface area contributed by atoms with Gasteiger partial charge in [0.25, 0.3) is 0 Å². The Hall–Kier alpha value is -0.870. The van der Waals surface area contributed by atoms with E-state index >= 15 is 0 Å². The van der Waals surface area contributed by atoms with E-state index in [4.69, 9.17) is 0 Å². The standard InChI is InChI=1S/C16H30N4/c1-12(10-15-8-6-5-7-9-17-15)19-13(2)16-11-18-20(4)14(16)3/h11-13,15,17,19H,5-10H2,1-4H3. The van der Waals surface area contributed by atoms with Crippen molar-refractivity contribution in [1.29, 1.82) is 0 Å². The zero-order chi connectivity index (χ0) is 14.5. The van der Waals surface area contributed by atoms with E-state index in [9.17, 15) is 0 Å². The quantitative estimate of drug-likeness (QED) is 0.870. The minimum Gasteiger partial charge on any atom is -0.314 e. The molecule has 1 aromatic rings. The second-order valence-electron chi connectivity index (χ2n) is 6.33. The lowest BCUT2D eigenvalue weighted by atomic mass is 10.0. The molecule has 4 nitrogen and oxygen atoms in total. The summed E-state index contributed by atoms with van der Waals surface area (Å²) in [7, 11) is 2.00. The summed E-state index contributed by atoms with van der Waals surface area (Å²) >= 11 is 0. The fourth-order valence-electron chi connectivity index (χ4n) is 3.25. The minimum absolute atomic E-state index is 0.365. The van der Waals surface area contributed by atoms with Gasteiger partial charge in [0, 0.05) is 36.4 Å². The second-order valence-corrected chi connectivity index (χ2v) is 6.33. The zero-order valence-corrected chi connectivity index (χ0v) is 13.4. The van der Waals surface area contributed by atoms with Gasteiger partial charge in [0.1, 0.15) is 0 Å². The van der Waals surface area contributed by atoms with Crippen molar-refractivity contribution in [2.75, 3.05) is 6.54 Å². The van der Waals surface area contributed by atoms with Crippen LogP contribution in [-0.2, 0) is 7.05 Å². The Morgan fingerprint density at radius 3 is 2.90 bits per heavy atom. The Morgan fingerprint density at radius 1 is 1.40 bits per heavy atom. The molecule has 1 fully saturated rings. The van der Waals surface area contributed by atoms with Crippen LogP contribution in [0.2, 0.25) is 0 Å². The van der Waals surface area contributed by atoms with Crippen LogP contribution in [-0.4, -0.2) is 28.4 Å². The highest BCUT2D eigenvalue weighted by Crippen LogP contribution is 2.18. The van der Waals surface area contributed by atoms with Crippen molar-refractivity contribution in [3.05, 3.63) is 17.5 Å². The van der Waals surface area contributed by atoms with Gasteiger partial charge in [0.15, 0.2) is 0 Å². The van der Waals surface area contributed by atoms with Crippen LogP contribution < -0.4 is 10.6 Å². The minimum atomic E-state index is 0.365. The first kappa shape index (κ1) is 15.5. The largest absolute Gasteiger partial charge is 0.314 e. The topological polar surface area (TPSA) is 41.9 Å². The molecule has 0 radical (unpaired) electrons. The number of aryl methyl sites for hydroxylation is 1. The van der Waals surface area contributed by atoms with Crippen molar-refractivity contribution < 1.29 is 0 Å². The third-order valence-electron chi connectivity index (χ3n) is 4.57. The SMILES string of the molecule is Cc1c(C(C)NC(C)CC2CCCCCN2)cnn1C. The van der Waals surface area contributed by atoms with Crippen molar-refractivity contribution in [2.45, 2.75) is 71.0 Å². The molecule has 3 unspecified atom stereocenters. The van der Waals surface area contributed by atoms with Crippen LogP contribution in [0.1, 0.15) is 63.3 Å². The summed E-state index contributed by atoms with van der Waals surface area (Å²) in [6, 6.07) is 1.58. The molecule has 0 spiro atoms. The monoisotopic (exact) mass is 278 g/mol. The normalized spacial score (nSPS) is 23.3. The Kier molecular flexibility index (Phi) is 5.61. The predicted octanol–water partition coefficient (Wildman–Crippen LogP) is 2.69. The van der Waals surface area contributed by atoms with Crippen LogP contribution >= 0.6 is 0 Å². The Labute approximate surface area is 123 Å². The van der Waals surface area contributed by atoms with E-state index in [1.165, 1.54) is 49.9 Å². The fourth-order valence-corrected chi connectivity index (χ4v) is 3.25. The van der Waals surface area contributed by atoms with Gasteiger partial charge >= 0.3 is 0 Å². The van der Waals surface area contributed by atoms with Gasteiger partial charge in [-0.2, -0.15) is 5.10 Å². The number of nitrogens with one attached hydrogen (secondary N) is 2. The number of aromatic nitrogens is 2. The molecular formula is C16H30N4. The predicted molar refractivity (Wildman–Crippen MR) is 83.8 cm³/mol. The Balaban J connectivity index is 1.84. The van der Waals surface area contributed by atoms with Crippen LogP contribution in [0.25, 0.3) is 0 Å². The summed E-state index contributed by atoms with van der Waals surface area (Å²) in [6.45, 7) is 7.86. The molecule has 1 aliphatic heterocycles. The van der Waals surface area contributed by atoms with Gasteiger partial charge in [-0.25, -0.2) is 0 Å². The molecule has 2 N–H and O–H groups in total. The highest BCUT2D eigenvalue weighted by atomic mass is 15.3. The van der Waals surface area contributed by atoms with Gasteiger partial charge in [-0.1, -0.05) is 12.8 Å². The Bertz CT molecular complexity index is 405. The maximum absolute atomic E-state index is 4.34. The molecule has 0 aromatic carbocycles. The van der Waals surface area contributed by atoms with Crippen molar-refractivity contribution in [3.8, 4) is 0 Å². The summed E-state index contributed by atoms with van der Waals surface area (Å²) in [5, 5.41) is 11.7. The molecule has 0 bridgehead atoms. The van der Waals surface area contributed by atoms with Crippen LogP contribution in [0.4, 0.5) is 0 Å². The Morgan fingerprint density at radius 2 is 2.20 bits per heavy atom. The van der Waals surface area contributed by atoms with Crippen LogP contribution in [0, 0.1) is 6.92 Å². The van der Waals surface area contributed by atoms with Crippen LogP contribution in [0.15, 0.2) is 6.20 Å². The zero-order valence-electron chi connectivity index (χ0n) is 13.4. The van der Waals surface area contributed by atoms with Gasteiger partial charge in [-0.15, -0.1) is 0 Å². The summed E-state index contributed by atoms with van der Waals surface area (Å²) in [5.41, 5.74) is 2.57. The number of hydrogen-bond acceptors (Lipinski definition) is 3. The molecule has 1 saturated heterocycles. The first-order valence-corrected chi connectivity index (χ1v) is 8.06. The number of hydrogen-bond donors (Lipinski definition) is 2. The molecule has 20 heavy (non-hydrogen) atoms. The highest BCUT2D eigenvalue weighted by molar-refractivity contribution is 5.19. The first-order valence-electron chi connectivity index (χ1n) is 8.06. The van der Waals surface area contributed by atoms with E-state index < -0.39 is 0 Å². The molecule has 0 aliphatic carbocycles. The van der Waals surface area contributed by atoms with Crippen molar-refractivity contribution in [2.24, 2.45) is 7.05 Å². The summed E-state index contributed by atoms with van der Waals surface area (Å²) in [5.74, 6) is 0. The van der Waals surface area contributed by atoms with E-state index in [0.29, 0.717) is 18.1 Å². The molecule has 2 rings (SSSR count). The van der Waals surface area contributed by atoms with E-state index in [-0.39, 0.29) is 0 Å². The summed E-state index contributed by atoms with van der Waals surface area (Å²) in [6.07, 6.45) is 8.63. The molecule has 3 atom stereocenters. The van der Waals surface area contributed by atoms with Gasteiger partial charge in [0.2, 0.25) is 0 Å². The molecule has 114 valence electrons. The first-order chi connectivity index (χ1) is 9.58. The lowest BCUT2D eigenvalue weighted by Gasteiger charge is -2.24. The average molecular weight is 278 g/mol. The van der Waals surface area contributed by atoms with Gasteiger partial charge in [0.05, 0.1) is 6.20 Å². The molecule has 1 aromatic heterocycles. The van der Waals surface area contributed by atoms with Gasteiger partial charge in [-0.3, -0.25) is 4.68 Å². The lowest BCUT2D eigenvalue weighted by Crippen LogP contribution is -2.37. The summed E-state index contributed by atoms with van der Waals surface area (Å²) in [4.78, 5) is 0. The second kappa shape index (κ2) is 7.23. The maximum atomic E-state index is 4.34. The number of nitrogens with zero attached hydrogens (tertiary/aromatic N) is 2. The third kappa shape index (κ3) is 4.06. The smallest absolute Gasteiger partial charge is 0.0540 e. The molecule has 0 saturated carbocycles. The van der Waals surface area contributed by atoms with E-state index in [0.717, 1.165) is 0 Å².